The molecule has 0 spiro atoms. The Bertz CT molecular complexity index is 430. The van der Waals surface area contributed by atoms with Crippen LogP contribution in [-0.4, -0.2) is 12.2 Å². The smallest absolute Gasteiger partial charge is 0.307 e. The monoisotopic (exact) mass is 305 g/mol. The summed E-state index contributed by atoms with van der Waals surface area (Å²) in [6.07, 6.45) is -2.18. The van der Waals surface area contributed by atoms with Crippen molar-refractivity contribution in [3.8, 4) is 0 Å². The summed E-state index contributed by atoms with van der Waals surface area (Å²) in [6, 6.07) is 7.38. The Morgan fingerprint density at radius 2 is 1.85 bits per heavy atom. The van der Waals surface area contributed by atoms with Crippen molar-refractivity contribution in [3.63, 3.8) is 0 Å². The highest BCUT2D eigenvalue weighted by Gasteiger charge is 2.42. The van der Waals surface area contributed by atoms with Crippen LogP contribution in [0, 0.1) is 5.92 Å². The molecule has 1 aliphatic carbocycles. The number of halogens is 4. The van der Waals surface area contributed by atoms with E-state index in [2.05, 4.69) is 5.32 Å². The highest BCUT2D eigenvalue weighted by Crippen LogP contribution is 2.38. The van der Waals surface area contributed by atoms with E-state index in [-0.39, 0.29) is 24.9 Å². The summed E-state index contributed by atoms with van der Waals surface area (Å²) in [6.45, 7) is 1.97. The van der Waals surface area contributed by atoms with Gasteiger partial charge >= 0.3 is 6.18 Å². The molecular formula is C15H19ClF3N. The molecule has 0 aliphatic heterocycles. The predicted octanol–water partition coefficient (Wildman–Crippen LogP) is 5.11. The van der Waals surface area contributed by atoms with E-state index in [1.54, 1.807) is 12.1 Å². The van der Waals surface area contributed by atoms with Gasteiger partial charge in [-0.25, -0.2) is 0 Å². The molecule has 1 nitrogen and oxygen atoms in total. The largest absolute Gasteiger partial charge is 0.391 e. The number of benzene rings is 1. The third-order valence-electron chi connectivity index (χ3n) is 3.99. The number of nitrogens with one attached hydrogen (secondary N) is 1. The average molecular weight is 306 g/mol. The molecule has 1 saturated carbocycles. The standard InChI is InChI=1S/C15H19ClF3N/c1-10(11-5-7-13(16)8-6-11)20-14-4-2-3-12(9-14)15(17,18)19/h5-8,10,12,14,20H,2-4,9H2,1H3/t10-,12?,14?/m0/s1. The van der Waals surface area contributed by atoms with E-state index in [1.165, 1.54) is 0 Å². The Morgan fingerprint density at radius 1 is 1.20 bits per heavy atom. The van der Waals surface area contributed by atoms with Crippen LogP contribution in [-0.2, 0) is 0 Å². The van der Waals surface area contributed by atoms with Crippen LogP contribution in [0.25, 0.3) is 0 Å². The molecule has 0 amide bonds. The minimum Gasteiger partial charge on any atom is -0.307 e. The van der Waals surface area contributed by atoms with Gasteiger partial charge in [0, 0.05) is 17.1 Å². The molecule has 5 heteroatoms. The van der Waals surface area contributed by atoms with Crippen molar-refractivity contribution >= 4 is 11.6 Å². The van der Waals surface area contributed by atoms with E-state index in [4.69, 9.17) is 11.6 Å². The molecule has 20 heavy (non-hydrogen) atoms. The van der Waals surface area contributed by atoms with Gasteiger partial charge in [0.1, 0.15) is 0 Å². The lowest BCUT2D eigenvalue weighted by Crippen LogP contribution is -2.39. The van der Waals surface area contributed by atoms with Gasteiger partial charge in [-0.3, -0.25) is 0 Å². The zero-order valence-electron chi connectivity index (χ0n) is 11.4. The lowest BCUT2D eigenvalue weighted by atomic mass is 9.85. The molecule has 2 unspecified atom stereocenters. The SMILES string of the molecule is C[C@H](NC1CCCC(C(F)(F)F)C1)c1ccc(Cl)cc1. The number of hydrogen-bond donors (Lipinski definition) is 1. The summed E-state index contributed by atoms with van der Waals surface area (Å²) < 4.78 is 38.3. The quantitative estimate of drug-likeness (QED) is 0.818. The van der Waals surface area contributed by atoms with Gasteiger partial charge in [-0.05, 0) is 43.9 Å². The van der Waals surface area contributed by atoms with Crippen molar-refractivity contribution in [1.82, 2.24) is 5.32 Å². The molecule has 1 fully saturated rings. The highest BCUT2D eigenvalue weighted by atomic mass is 35.5. The zero-order chi connectivity index (χ0) is 14.8. The molecule has 1 aliphatic rings. The van der Waals surface area contributed by atoms with Gasteiger partial charge in [0.15, 0.2) is 0 Å². The van der Waals surface area contributed by atoms with Gasteiger partial charge in [0.05, 0.1) is 5.92 Å². The second-order valence-electron chi connectivity index (χ2n) is 5.54. The van der Waals surface area contributed by atoms with Gasteiger partial charge < -0.3 is 5.32 Å². The maximum Gasteiger partial charge on any atom is 0.391 e. The molecule has 0 radical (unpaired) electrons. The number of hydrogen-bond acceptors (Lipinski definition) is 1. The molecule has 0 aromatic heterocycles. The van der Waals surface area contributed by atoms with Gasteiger partial charge in [0.25, 0.3) is 0 Å². The summed E-state index contributed by atoms with van der Waals surface area (Å²) in [7, 11) is 0. The lowest BCUT2D eigenvalue weighted by Gasteiger charge is -2.33. The molecule has 0 bridgehead atoms. The topological polar surface area (TPSA) is 12.0 Å². The second kappa shape index (κ2) is 6.35. The van der Waals surface area contributed by atoms with Crippen LogP contribution < -0.4 is 5.32 Å². The van der Waals surface area contributed by atoms with E-state index in [9.17, 15) is 13.2 Å². The number of rotatable bonds is 3. The maximum absolute atomic E-state index is 12.8. The average Bonchev–Trinajstić information content (AvgIpc) is 2.38. The van der Waals surface area contributed by atoms with Crippen molar-refractivity contribution in [2.45, 2.75) is 50.9 Å². The van der Waals surface area contributed by atoms with E-state index in [0.29, 0.717) is 11.4 Å². The minimum atomic E-state index is -4.07. The van der Waals surface area contributed by atoms with Crippen molar-refractivity contribution < 1.29 is 13.2 Å². The summed E-state index contributed by atoms with van der Waals surface area (Å²) in [4.78, 5) is 0. The Morgan fingerprint density at radius 3 is 2.45 bits per heavy atom. The first-order valence-electron chi connectivity index (χ1n) is 6.94. The molecular weight excluding hydrogens is 287 g/mol. The third kappa shape index (κ3) is 4.13. The fourth-order valence-electron chi connectivity index (χ4n) is 2.84. The Hall–Kier alpha value is -0.740. The number of alkyl halides is 3. The lowest BCUT2D eigenvalue weighted by molar-refractivity contribution is -0.183. The van der Waals surface area contributed by atoms with Crippen LogP contribution in [0.5, 0.6) is 0 Å². The molecule has 1 aromatic rings. The van der Waals surface area contributed by atoms with Gasteiger partial charge in [-0.1, -0.05) is 30.2 Å². The van der Waals surface area contributed by atoms with Crippen LogP contribution in [0.15, 0.2) is 24.3 Å². The van der Waals surface area contributed by atoms with E-state index in [0.717, 1.165) is 12.0 Å². The molecule has 0 saturated heterocycles. The summed E-state index contributed by atoms with van der Waals surface area (Å²) in [5.74, 6) is -1.16. The van der Waals surface area contributed by atoms with Gasteiger partial charge in [0.2, 0.25) is 0 Å². The third-order valence-corrected chi connectivity index (χ3v) is 4.24. The molecule has 1 N–H and O–H groups in total. The normalized spacial score (nSPS) is 25.4. The zero-order valence-corrected chi connectivity index (χ0v) is 12.1. The first-order chi connectivity index (χ1) is 9.36. The highest BCUT2D eigenvalue weighted by molar-refractivity contribution is 6.30. The molecule has 0 heterocycles. The van der Waals surface area contributed by atoms with Crippen molar-refractivity contribution in [2.75, 3.05) is 0 Å². The van der Waals surface area contributed by atoms with Gasteiger partial charge in [-0.2, -0.15) is 13.2 Å². The van der Waals surface area contributed by atoms with Crippen molar-refractivity contribution in [3.05, 3.63) is 34.9 Å². The summed E-state index contributed by atoms with van der Waals surface area (Å²) in [5, 5.41) is 3.98. The first kappa shape index (κ1) is 15.6. The summed E-state index contributed by atoms with van der Waals surface area (Å²) >= 11 is 5.83. The van der Waals surface area contributed by atoms with Crippen LogP contribution in [0.1, 0.15) is 44.2 Å². The summed E-state index contributed by atoms with van der Waals surface area (Å²) in [5.41, 5.74) is 1.04. The van der Waals surface area contributed by atoms with E-state index < -0.39 is 12.1 Å². The van der Waals surface area contributed by atoms with Crippen LogP contribution in [0.4, 0.5) is 13.2 Å². The fraction of sp³-hybridized carbons (Fsp3) is 0.600. The molecule has 112 valence electrons. The van der Waals surface area contributed by atoms with E-state index in [1.807, 2.05) is 19.1 Å². The first-order valence-corrected chi connectivity index (χ1v) is 7.32. The molecule has 2 rings (SSSR count). The van der Waals surface area contributed by atoms with Crippen LogP contribution in [0.3, 0.4) is 0 Å². The predicted molar refractivity (Wildman–Crippen MR) is 74.8 cm³/mol. The van der Waals surface area contributed by atoms with Crippen molar-refractivity contribution in [2.24, 2.45) is 5.92 Å². The Labute approximate surface area is 122 Å². The van der Waals surface area contributed by atoms with Crippen LogP contribution in [0.2, 0.25) is 5.02 Å². The Kier molecular flexibility index (Phi) is 4.97. The second-order valence-corrected chi connectivity index (χ2v) is 5.98. The minimum absolute atomic E-state index is 0.0317. The molecule has 3 atom stereocenters. The Balaban J connectivity index is 1.94. The molecule has 1 aromatic carbocycles. The fourth-order valence-corrected chi connectivity index (χ4v) is 2.97. The van der Waals surface area contributed by atoms with Gasteiger partial charge in [-0.15, -0.1) is 0 Å². The van der Waals surface area contributed by atoms with E-state index >= 15 is 0 Å². The van der Waals surface area contributed by atoms with Crippen molar-refractivity contribution in [1.29, 1.82) is 0 Å². The van der Waals surface area contributed by atoms with Crippen LogP contribution >= 0.6 is 11.6 Å². The maximum atomic E-state index is 12.8.